The summed E-state index contributed by atoms with van der Waals surface area (Å²) in [5.74, 6) is -1.02. The molecule has 2 aliphatic rings. The minimum absolute atomic E-state index is 0.0255. The van der Waals surface area contributed by atoms with Gasteiger partial charge in [-0.25, -0.2) is 13.4 Å². The van der Waals surface area contributed by atoms with E-state index in [1.807, 2.05) is 6.07 Å². The number of hydrogen-bond acceptors (Lipinski definition) is 6. The Hall–Kier alpha value is -2.96. The zero-order chi connectivity index (χ0) is 29.4. The van der Waals surface area contributed by atoms with Crippen molar-refractivity contribution in [1.82, 2.24) is 14.9 Å². The lowest BCUT2D eigenvalue weighted by molar-refractivity contribution is -0.188. The number of imidazole rings is 1. The van der Waals surface area contributed by atoms with Gasteiger partial charge in [-0.2, -0.15) is 13.2 Å². The Morgan fingerprint density at radius 1 is 1.10 bits per heavy atom. The zero-order valence-electron chi connectivity index (χ0n) is 22.7. The second-order valence-corrected chi connectivity index (χ2v) is 13.1. The van der Waals surface area contributed by atoms with E-state index in [9.17, 15) is 31.5 Å². The van der Waals surface area contributed by atoms with Gasteiger partial charge in [-0.15, -0.1) is 0 Å². The molecule has 8 nitrogen and oxygen atoms in total. The van der Waals surface area contributed by atoms with Crippen LogP contribution >= 0.6 is 0 Å². The van der Waals surface area contributed by atoms with Crippen LogP contribution in [0.3, 0.4) is 0 Å². The van der Waals surface area contributed by atoms with Crippen molar-refractivity contribution < 1.29 is 36.2 Å². The van der Waals surface area contributed by atoms with Crippen LogP contribution in [-0.4, -0.2) is 53.6 Å². The Morgan fingerprint density at radius 2 is 1.78 bits per heavy atom. The summed E-state index contributed by atoms with van der Waals surface area (Å²) in [6.07, 6.45) is -1.54. The van der Waals surface area contributed by atoms with Crippen LogP contribution in [-0.2, 0) is 21.2 Å². The van der Waals surface area contributed by atoms with Crippen molar-refractivity contribution in [2.24, 2.45) is 5.92 Å². The molecular weight excluding hydrogens is 559 g/mol. The number of alkyl halides is 3. The maximum atomic E-state index is 13.1. The Kier molecular flexibility index (Phi) is 8.45. The summed E-state index contributed by atoms with van der Waals surface area (Å²) in [6, 6.07) is 10.8. The summed E-state index contributed by atoms with van der Waals surface area (Å²) in [7, 11) is -3.36. The molecule has 2 N–H and O–H groups in total. The number of benzene rings is 2. The van der Waals surface area contributed by atoms with Crippen molar-refractivity contribution in [2.45, 2.75) is 81.3 Å². The van der Waals surface area contributed by atoms with Gasteiger partial charge in [0.25, 0.3) is 5.91 Å². The van der Waals surface area contributed by atoms with Crippen LogP contribution in [0.1, 0.15) is 79.3 Å². The van der Waals surface area contributed by atoms with Crippen molar-refractivity contribution in [3.63, 3.8) is 0 Å². The molecule has 2 aliphatic carbocycles. The number of fused-ring (bicyclic) bond motifs is 1. The highest BCUT2D eigenvalue weighted by atomic mass is 32.2. The van der Waals surface area contributed by atoms with Gasteiger partial charge in [0.2, 0.25) is 0 Å². The summed E-state index contributed by atoms with van der Waals surface area (Å²) in [5, 5.41) is 12.7. The van der Waals surface area contributed by atoms with E-state index in [4.69, 9.17) is 9.72 Å². The minimum atomic E-state index is -4.16. The van der Waals surface area contributed by atoms with Gasteiger partial charge in [0, 0.05) is 11.6 Å². The van der Waals surface area contributed by atoms with Crippen LogP contribution in [0.5, 0.6) is 0 Å². The SMILES string of the molecule is CCS(=O)(=O)c1ccc([C@H](CO)NC(=O)c2ccc3c(c2)nc(CO[C@H]2CC[C@@H](C(F)(F)F)CC2)n3C2CC2)cc1. The van der Waals surface area contributed by atoms with E-state index >= 15 is 0 Å². The molecule has 2 aromatic carbocycles. The number of amides is 1. The highest BCUT2D eigenvalue weighted by molar-refractivity contribution is 7.91. The van der Waals surface area contributed by atoms with Crippen molar-refractivity contribution in [1.29, 1.82) is 0 Å². The van der Waals surface area contributed by atoms with Crippen LogP contribution in [0.4, 0.5) is 13.2 Å². The number of aliphatic hydroxyl groups is 1. The molecule has 1 aromatic heterocycles. The number of halogens is 3. The molecule has 0 bridgehead atoms. The Bertz CT molecular complexity index is 1490. The average molecular weight is 594 g/mol. The van der Waals surface area contributed by atoms with Crippen LogP contribution in [0.15, 0.2) is 47.4 Å². The fraction of sp³-hybridized carbons (Fsp3) is 0.517. The molecule has 41 heavy (non-hydrogen) atoms. The molecule has 1 heterocycles. The van der Waals surface area contributed by atoms with Gasteiger partial charge >= 0.3 is 6.18 Å². The molecule has 0 aliphatic heterocycles. The topological polar surface area (TPSA) is 111 Å². The van der Waals surface area contributed by atoms with Crippen molar-refractivity contribution in [2.75, 3.05) is 12.4 Å². The molecule has 12 heteroatoms. The number of carbonyl (C=O) groups is 1. The molecule has 0 saturated heterocycles. The molecule has 5 rings (SSSR count). The molecule has 3 aromatic rings. The number of carbonyl (C=O) groups excluding carboxylic acids is 1. The highest BCUT2D eigenvalue weighted by Crippen LogP contribution is 2.40. The van der Waals surface area contributed by atoms with Gasteiger partial charge in [0.1, 0.15) is 12.4 Å². The maximum absolute atomic E-state index is 13.1. The molecule has 0 spiro atoms. The summed E-state index contributed by atoms with van der Waals surface area (Å²) in [4.78, 5) is 18.0. The third-order valence-electron chi connectivity index (χ3n) is 8.03. The van der Waals surface area contributed by atoms with Crippen LogP contribution in [0.25, 0.3) is 11.0 Å². The number of ether oxygens (including phenoxy) is 1. The van der Waals surface area contributed by atoms with E-state index in [1.54, 1.807) is 31.2 Å². The van der Waals surface area contributed by atoms with Gasteiger partial charge in [0.05, 0.1) is 46.4 Å². The number of rotatable bonds is 10. The van der Waals surface area contributed by atoms with Crippen LogP contribution in [0, 0.1) is 5.92 Å². The van der Waals surface area contributed by atoms with Crippen molar-refractivity contribution in [3.8, 4) is 0 Å². The van der Waals surface area contributed by atoms with Gasteiger partial charge in [-0.05, 0) is 74.4 Å². The average Bonchev–Trinajstić information content (AvgIpc) is 3.74. The molecule has 2 fully saturated rings. The van der Waals surface area contributed by atoms with E-state index < -0.39 is 33.9 Å². The first-order valence-corrected chi connectivity index (χ1v) is 15.6. The number of aliphatic hydroxyl groups excluding tert-OH is 1. The molecule has 0 radical (unpaired) electrons. The Balaban J connectivity index is 1.28. The fourth-order valence-corrected chi connectivity index (χ4v) is 6.32. The predicted molar refractivity (Wildman–Crippen MR) is 146 cm³/mol. The summed E-state index contributed by atoms with van der Waals surface area (Å²) in [6.45, 7) is 1.37. The number of aromatic nitrogens is 2. The number of hydrogen-bond donors (Lipinski definition) is 2. The van der Waals surface area contributed by atoms with E-state index in [0.29, 0.717) is 35.3 Å². The zero-order valence-corrected chi connectivity index (χ0v) is 23.5. The lowest BCUT2D eigenvalue weighted by Gasteiger charge is -2.29. The summed E-state index contributed by atoms with van der Waals surface area (Å²) in [5.41, 5.74) is 2.38. The van der Waals surface area contributed by atoms with E-state index in [0.717, 1.165) is 18.4 Å². The normalized spacial score (nSPS) is 20.7. The summed E-state index contributed by atoms with van der Waals surface area (Å²) < 4.78 is 71.3. The standard InChI is InChI=1S/C29H34F3N3O5S/c1-2-41(38,39)23-12-3-18(4-13-23)25(16-36)34-28(37)19-5-14-26-24(15-19)33-27(35(26)21-8-9-21)17-40-22-10-6-20(7-11-22)29(30,31)32/h3-5,12-15,20-22,25,36H,2,6-11,16-17H2,1H3,(H,34,37)/t20-,22+,25-/m0/s1. The van der Waals surface area contributed by atoms with Crippen LogP contribution < -0.4 is 5.32 Å². The molecule has 2 saturated carbocycles. The predicted octanol–water partition coefficient (Wildman–Crippen LogP) is 5.27. The van der Waals surface area contributed by atoms with Crippen molar-refractivity contribution >= 4 is 26.8 Å². The van der Waals surface area contributed by atoms with E-state index in [1.165, 1.54) is 12.1 Å². The highest BCUT2D eigenvalue weighted by Gasteiger charge is 2.41. The Labute approximate surface area is 236 Å². The van der Waals surface area contributed by atoms with Crippen molar-refractivity contribution in [3.05, 3.63) is 59.4 Å². The minimum Gasteiger partial charge on any atom is -0.394 e. The first kappa shape index (κ1) is 29.5. The van der Waals surface area contributed by atoms with Crippen LogP contribution in [0.2, 0.25) is 0 Å². The maximum Gasteiger partial charge on any atom is 0.391 e. The Morgan fingerprint density at radius 3 is 2.37 bits per heavy atom. The molecule has 1 atom stereocenters. The lowest BCUT2D eigenvalue weighted by atomic mass is 9.87. The van der Waals surface area contributed by atoms with Gasteiger partial charge in [0.15, 0.2) is 9.84 Å². The largest absolute Gasteiger partial charge is 0.394 e. The quantitative estimate of drug-likeness (QED) is 0.332. The molecule has 222 valence electrons. The van der Waals surface area contributed by atoms with Gasteiger partial charge < -0.3 is 19.7 Å². The second-order valence-electron chi connectivity index (χ2n) is 10.8. The number of nitrogens with zero attached hydrogens (tertiary/aromatic N) is 2. The third kappa shape index (κ3) is 6.60. The monoisotopic (exact) mass is 593 g/mol. The smallest absolute Gasteiger partial charge is 0.391 e. The first-order valence-electron chi connectivity index (χ1n) is 13.9. The molecular formula is C29H34F3N3O5S. The second kappa shape index (κ2) is 11.7. The van der Waals surface area contributed by atoms with Gasteiger partial charge in [-0.3, -0.25) is 4.79 Å². The third-order valence-corrected chi connectivity index (χ3v) is 9.78. The van der Waals surface area contributed by atoms with E-state index in [2.05, 4.69) is 9.88 Å². The lowest BCUT2D eigenvalue weighted by Crippen LogP contribution is -2.30. The summed E-state index contributed by atoms with van der Waals surface area (Å²) >= 11 is 0. The fourth-order valence-electron chi connectivity index (χ4n) is 5.43. The molecule has 1 amide bonds. The van der Waals surface area contributed by atoms with E-state index in [-0.39, 0.29) is 48.8 Å². The first-order chi connectivity index (χ1) is 19.5. The number of nitrogens with one attached hydrogen (secondary N) is 1. The number of sulfone groups is 1. The molecule has 0 unspecified atom stereocenters. The van der Waals surface area contributed by atoms with Gasteiger partial charge in [-0.1, -0.05) is 19.1 Å².